The van der Waals surface area contributed by atoms with Crippen molar-refractivity contribution in [2.45, 2.75) is 69.9 Å². The van der Waals surface area contributed by atoms with Crippen LogP contribution in [-0.4, -0.2) is 54.1 Å². The topological polar surface area (TPSA) is 32.5 Å². The molecule has 116 valence electrons. The molecule has 0 spiro atoms. The van der Waals surface area contributed by atoms with Gasteiger partial charge in [0.15, 0.2) is 0 Å². The molecule has 0 radical (unpaired) electrons. The Morgan fingerprint density at radius 2 is 1.85 bits per heavy atom. The largest absolute Gasteiger partial charge is 0.329 e. The first kappa shape index (κ1) is 14.8. The van der Waals surface area contributed by atoms with E-state index in [2.05, 4.69) is 16.7 Å². The standard InChI is InChI=1S/C17H33N3/c1-2-5-15-7-11-20(12-8-15)17(14-18)9-13-19-10-4-3-6-16(17)19/h15-16H,2-14,18H2,1H3. The number of fused-ring (bicyclic) bond motifs is 1. The van der Waals surface area contributed by atoms with Crippen molar-refractivity contribution >= 4 is 0 Å². The molecule has 3 heteroatoms. The van der Waals surface area contributed by atoms with Crippen molar-refractivity contribution in [2.24, 2.45) is 11.7 Å². The van der Waals surface area contributed by atoms with Gasteiger partial charge in [0.05, 0.1) is 0 Å². The number of likely N-dealkylation sites (tertiary alicyclic amines) is 1. The number of rotatable bonds is 4. The summed E-state index contributed by atoms with van der Waals surface area (Å²) in [6.07, 6.45) is 11.1. The van der Waals surface area contributed by atoms with Gasteiger partial charge in [-0.1, -0.05) is 26.2 Å². The van der Waals surface area contributed by atoms with E-state index in [9.17, 15) is 0 Å². The summed E-state index contributed by atoms with van der Waals surface area (Å²) in [5.74, 6) is 0.981. The van der Waals surface area contributed by atoms with E-state index in [1.165, 1.54) is 77.5 Å². The van der Waals surface area contributed by atoms with E-state index in [0.717, 1.165) is 18.5 Å². The highest BCUT2D eigenvalue weighted by molar-refractivity contribution is 5.09. The maximum absolute atomic E-state index is 6.33. The zero-order valence-corrected chi connectivity index (χ0v) is 13.3. The van der Waals surface area contributed by atoms with Gasteiger partial charge in [-0.25, -0.2) is 0 Å². The summed E-state index contributed by atoms with van der Waals surface area (Å²) >= 11 is 0. The van der Waals surface area contributed by atoms with Crippen molar-refractivity contribution in [2.75, 3.05) is 32.7 Å². The smallest absolute Gasteiger partial charge is 0.0498 e. The summed E-state index contributed by atoms with van der Waals surface area (Å²) in [7, 11) is 0. The Labute approximate surface area is 124 Å². The van der Waals surface area contributed by atoms with Crippen molar-refractivity contribution in [1.29, 1.82) is 0 Å². The van der Waals surface area contributed by atoms with Crippen LogP contribution in [-0.2, 0) is 0 Å². The molecule has 0 amide bonds. The van der Waals surface area contributed by atoms with Gasteiger partial charge in [-0.05, 0) is 57.7 Å². The van der Waals surface area contributed by atoms with Gasteiger partial charge in [-0.15, -0.1) is 0 Å². The van der Waals surface area contributed by atoms with Crippen LogP contribution in [0, 0.1) is 5.92 Å². The minimum absolute atomic E-state index is 0.317. The van der Waals surface area contributed by atoms with Gasteiger partial charge in [0.1, 0.15) is 0 Å². The molecular weight excluding hydrogens is 246 g/mol. The van der Waals surface area contributed by atoms with Crippen LogP contribution in [0.4, 0.5) is 0 Å². The lowest BCUT2D eigenvalue weighted by atomic mass is 9.81. The van der Waals surface area contributed by atoms with Gasteiger partial charge in [0, 0.05) is 24.7 Å². The number of piperidine rings is 2. The van der Waals surface area contributed by atoms with Crippen LogP contribution >= 0.6 is 0 Å². The Morgan fingerprint density at radius 3 is 2.55 bits per heavy atom. The monoisotopic (exact) mass is 279 g/mol. The van der Waals surface area contributed by atoms with E-state index < -0.39 is 0 Å². The van der Waals surface area contributed by atoms with Crippen molar-refractivity contribution in [3.63, 3.8) is 0 Å². The van der Waals surface area contributed by atoms with E-state index in [0.29, 0.717) is 5.54 Å². The lowest BCUT2D eigenvalue weighted by Gasteiger charge is -2.50. The van der Waals surface area contributed by atoms with Crippen LogP contribution in [0.1, 0.15) is 58.3 Å². The highest BCUT2D eigenvalue weighted by Gasteiger charge is 2.50. The third-order valence-corrected chi connectivity index (χ3v) is 6.36. The molecule has 3 nitrogen and oxygen atoms in total. The minimum Gasteiger partial charge on any atom is -0.329 e. The molecule has 3 saturated heterocycles. The maximum Gasteiger partial charge on any atom is 0.0498 e. The summed E-state index contributed by atoms with van der Waals surface area (Å²) in [6.45, 7) is 8.39. The van der Waals surface area contributed by atoms with Crippen LogP contribution in [0.3, 0.4) is 0 Å². The summed E-state index contributed by atoms with van der Waals surface area (Å²) in [4.78, 5) is 5.55. The van der Waals surface area contributed by atoms with E-state index in [1.807, 2.05) is 0 Å². The zero-order valence-electron chi connectivity index (χ0n) is 13.3. The molecule has 3 aliphatic heterocycles. The second kappa shape index (κ2) is 6.33. The number of hydrogen-bond acceptors (Lipinski definition) is 3. The van der Waals surface area contributed by atoms with E-state index in [-0.39, 0.29) is 0 Å². The van der Waals surface area contributed by atoms with Gasteiger partial charge in [-0.2, -0.15) is 0 Å². The van der Waals surface area contributed by atoms with Gasteiger partial charge >= 0.3 is 0 Å². The summed E-state index contributed by atoms with van der Waals surface area (Å²) in [6, 6.07) is 0.754. The molecule has 3 rings (SSSR count). The molecule has 0 saturated carbocycles. The lowest BCUT2D eigenvalue weighted by molar-refractivity contribution is 0.0129. The summed E-state index contributed by atoms with van der Waals surface area (Å²) in [5.41, 5.74) is 6.65. The van der Waals surface area contributed by atoms with E-state index in [1.54, 1.807) is 0 Å². The van der Waals surface area contributed by atoms with E-state index in [4.69, 9.17) is 5.73 Å². The van der Waals surface area contributed by atoms with Crippen molar-refractivity contribution in [3.8, 4) is 0 Å². The SMILES string of the molecule is CCCC1CCN(C2(CN)CCN3CCCCC32)CC1. The molecule has 0 aromatic carbocycles. The van der Waals surface area contributed by atoms with Crippen molar-refractivity contribution < 1.29 is 0 Å². The molecule has 0 aliphatic carbocycles. The molecule has 0 bridgehead atoms. The van der Waals surface area contributed by atoms with Crippen LogP contribution in [0.15, 0.2) is 0 Å². The Kier molecular flexibility index (Phi) is 4.68. The highest BCUT2D eigenvalue weighted by atomic mass is 15.3. The summed E-state index contributed by atoms with van der Waals surface area (Å²) < 4.78 is 0. The molecule has 2 atom stereocenters. The maximum atomic E-state index is 6.33. The molecule has 20 heavy (non-hydrogen) atoms. The fourth-order valence-corrected chi connectivity index (χ4v) is 5.18. The fourth-order valence-electron chi connectivity index (χ4n) is 5.18. The first-order chi connectivity index (χ1) is 9.80. The lowest BCUT2D eigenvalue weighted by Crippen LogP contribution is -2.63. The predicted octanol–water partition coefficient (Wildman–Crippen LogP) is 2.45. The Hall–Kier alpha value is -0.120. The molecule has 0 aromatic heterocycles. The number of hydrogen-bond donors (Lipinski definition) is 1. The minimum atomic E-state index is 0.317. The number of nitrogens with two attached hydrogens (primary N) is 1. The normalized spacial score (nSPS) is 37.2. The average Bonchev–Trinajstić information content (AvgIpc) is 2.88. The molecule has 0 aromatic rings. The van der Waals surface area contributed by atoms with Gasteiger partial charge in [-0.3, -0.25) is 9.80 Å². The Balaban J connectivity index is 1.67. The van der Waals surface area contributed by atoms with E-state index >= 15 is 0 Å². The second-order valence-corrected chi connectivity index (χ2v) is 7.32. The fraction of sp³-hybridized carbons (Fsp3) is 1.00. The molecule has 3 heterocycles. The third-order valence-electron chi connectivity index (χ3n) is 6.36. The molecule has 3 fully saturated rings. The third kappa shape index (κ3) is 2.53. The second-order valence-electron chi connectivity index (χ2n) is 7.32. The average molecular weight is 279 g/mol. The Bertz CT molecular complexity index is 311. The van der Waals surface area contributed by atoms with Crippen LogP contribution < -0.4 is 5.73 Å². The quantitative estimate of drug-likeness (QED) is 0.858. The van der Waals surface area contributed by atoms with Crippen LogP contribution in [0.2, 0.25) is 0 Å². The van der Waals surface area contributed by atoms with Gasteiger partial charge in [0.25, 0.3) is 0 Å². The predicted molar refractivity (Wildman–Crippen MR) is 84.8 cm³/mol. The van der Waals surface area contributed by atoms with Crippen molar-refractivity contribution in [1.82, 2.24) is 9.80 Å². The molecule has 2 N–H and O–H groups in total. The first-order valence-electron chi connectivity index (χ1n) is 8.99. The van der Waals surface area contributed by atoms with Gasteiger partial charge in [0.2, 0.25) is 0 Å². The first-order valence-corrected chi connectivity index (χ1v) is 8.99. The van der Waals surface area contributed by atoms with Crippen molar-refractivity contribution in [3.05, 3.63) is 0 Å². The molecule has 3 aliphatic rings. The Morgan fingerprint density at radius 1 is 1.05 bits per heavy atom. The zero-order chi connectivity index (χ0) is 14.0. The molecular formula is C17H33N3. The highest BCUT2D eigenvalue weighted by Crippen LogP contribution is 2.40. The molecule has 2 unspecified atom stereocenters. The van der Waals surface area contributed by atoms with Crippen LogP contribution in [0.5, 0.6) is 0 Å². The van der Waals surface area contributed by atoms with Gasteiger partial charge < -0.3 is 5.73 Å². The summed E-state index contributed by atoms with van der Waals surface area (Å²) in [5, 5.41) is 0. The number of nitrogens with zero attached hydrogens (tertiary/aromatic N) is 2. The van der Waals surface area contributed by atoms with Crippen LogP contribution in [0.25, 0.3) is 0 Å².